The van der Waals surface area contributed by atoms with Gasteiger partial charge in [-0.1, -0.05) is 6.92 Å². The third-order valence-corrected chi connectivity index (χ3v) is 4.12. The van der Waals surface area contributed by atoms with Crippen molar-refractivity contribution in [1.29, 1.82) is 0 Å². The van der Waals surface area contributed by atoms with Crippen LogP contribution in [0, 0.1) is 0 Å². The lowest BCUT2D eigenvalue weighted by Crippen LogP contribution is -2.32. The average Bonchev–Trinajstić information content (AvgIpc) is 2.87. The summed E-state index contributed by atoms with van der Waals surface area (Å²) in [4.78, 5) is 8.26. The van der Waals surface area contributed by atoms with Crippen LogP contribution >= 0.6 is 23.7 Å². The number of thiazole rings is 1. The molecule has 1 aliphatic heterocycles. The molecule has 5 heteroatoms. The number of halogens is 1. The van der Waals surface area contributed by atoms with Gasteiger partial charge in [0.1, 0.15) is 5.01 Å². The minimum Gasteiger partial charge on any atom is -0.315 e. The van der Waals surface area contributed by atoms with E-state index in [1.165, 1.54) is 16.3 Å². The van der Waals surface area contributed by atoms with Gasteiger partial charge in [-0.2, -0.15) is 0 Å². The van der Waals surface area contributed by atoms with Crippen molar-refractivity contribution in [2.45, 2.75) is 32.4 Å². The Hall–Kier alpha value is -0.160. The van der Waals surface area contributed by atoms with Crippen LogP contribution < -0.4 is 5.32 Å². The van der Waals surface area contributed by atoms with Gasteiger partial charge in [-0.25, -0.2) is 4.98 Å². The van der Waals surface area contributed by atoms with Crippen molar-refractivity contribution in [3.63, 3.8) is 0 Å². The predicted molar refractivity (Wildman–Crippen MR) is 71.5 cm³/mol. The van der Waals surface area contributed by atoms with Crippen molar-refractivity contribution < 1.29 is 0 Å². The van der Waals surface area contributed by atoms with Crippen molar-refractivity contribution in [2.24, 2.45) is 0 Å². The molecule has 16 heavy (non-hydrogen) atoms. The first-order valence-electron chi connectivity index (χ1n) is 5.64. The molecule has 1 atom stereocenters. The molecule has 0 aliphatic carbocycles. The van der Waals surface area contributed by atoms with Gasteiger partial charge in [0, 0.05) is 23.7 Å². The van der Waals surface area contributed by atoms with Crippen molar-refractivity contribution in [3.05, 3.63) is 16.1 Å². The number of hydrogen-bond acceptors (Lipinski definition) is 4. The predicted octanol–water partition coefficient (Wildman–Crippen LogP) is 1.92. The molecule has 0 saturated carbocycles. The van der Waals surface area contributed by atoms with Crippen LogP contribution in [0.5, 0.6) is 0 Å². The zero-order valence-corrected chi connectivity index (χ0v) is 11.5. The van der Waals surface area contributed by atoms with Gasteiger partial charge in [0.25, 0.3) is 0 Å². The SMILES string of the molecule is CCc1cnc(CN(C)C2CCNC2)s1.Cl. The Morgan fingerprint density at radius 3 is 3.00 bits per heavy atom. The van der Waals surface area contributed by atoms with Crippen LogP contribution in [0.1, 0.15) is 23.2 Å². The van der Waals surface area contributed by atoms with Gasteiger partial charge < -0.3 is 5.32 Å². The number of hydrogen-bond donors (Lipinski definition) is 1. The quantitative estimate of drug-likeness (QED) is 0.898. The van der Waals surface area contributed by atoms with E-state index in [9.17, 15) is 0 Å². The van der Waals surface area contributed by atoms with Gasteiger partial charge in [0.2, 0.25) is 0 Å². The van der Waals surface area contributed by atoms with E-state index >= 15 is 0 Å². The Bertz CT molecular complexity index is 310. The fourth-order valence-electron chi connectivity index (χ4n) is 1.94. The Labute approximate surface area is 108 Å². The Morgan fingerprint density at radius 2 is 2.44 bits per heavy atom. The molecule has 0 spiro atoms. The van der Waals surface area contributed by atoms with Gasteiger partial charge in [-0.3, -0.25) is 4.90 Å². The Balaban J connectivity index is 0.00000128. The number of aromatic nitrogens is 1. The van der Waals surface area contributed by atoms with Crippen molar-refractivity contribution in [2.75, 3.05) is 20.1 Å². The minimum atomic E-state index is 0. The monoisotopic (exact) mass is 261 g/mol. The fourth-order valence-corrected chi connectivity index (χ4v) is 2.87. The molecule has 0 bridgehead atoms. The molecular formula is C11H20ClN3S. The summed E-state index contributed by atoms with van der Waals surface area (Å²) in [5.41, 5.74) is 0. The molecule has 0 radical (unpaired) electrons. The van der Waals surface area contributed by atoms with E-state index in [2.05, 4.69) is 29.2 Å². The summed E-state index contributed by atoms with van der Waals surface area (Å²) in [6, 6.07) is 0.693. The van der Waals surface area contributed by atoms with Crippen LogP contribution in [-0.2, 0) is 13.0 Å². The van der Waals surface area contributed by atoms with E-state index in [1.807, 2.05) is 17.5 Å². The molecule has 1 fully saturated rings. The zero-order valence-electron chi connectivity index (χ0n) is 9.90. The molecule has 2 rings (SSSR count). The second-order valence-electron chi connectivity index (χ2n) is 4.14. The summed E-state index contributed by atoms with van der Waals surface area (Å²) in [5.74, 6) is 0. The van der Waals surface area contributed by atoms with Gasteiger partial charge in [0.15, 0.2) is 0 Å². The molecular weight excluding hydrogens is 242 g/mol. The number of likely N-dealkylation sites (N-methyl/N-ethyl adjacent to an activating group) is 1. The number of aryl methyl sites for hydroxylation is 1. The molecule has 0 amide bonds. The summed E-state index contributed by atoms with van der Waals surface area (Å²) >= 11 is 1.85. The van der Waals surface area contributed by atoms with Crippen LogP contribution in [0.2, 0.25) is 0 Å². The van der Waals surface area contributed by atoms with E-state index in [4.69, 9.17) is 0 Å². The molecule has 1 aromatic heterocycles. The highest BCUT2D eigenvalue weighted by Crippen LogP contribution is 2.17. The summed E-state index contributed by atoms with van der Waals surface area (Å²) in [5, 5.41) is 4.65. The topological polar surface area (TPSA) is 28.2 Å². The van der Waals surface area contributed by atoms with Crippen LogP contribution in [0.15, 0.2) is 6.20 Å². The van der Waals surface area contributed by atoms with Crippen LogP contribution in [-0.4, -0.2) is 36.1 Å². The standard InChI is InChI=1S/C11H19N3S.ClH/c1-3-10-7-13-11(15-10)8-14(2)9-4-5-12-6-9;/h7,9,12H,3-6,8H2,1-2H3;1H. The second-order valence-corrected chi connectivity index (χ2v) is 5.34. The highest BCUT2D eigenvalue weighted by atomic mass is 35.5. The lowest BCUT2D eigenvalue weighted by Gasteiger charge is -2.21. The maximum absolute atomic E-state index is 4.45. The highest BCUT2D eigenvalue weighted by molar-refractivity contribution is 7.11. The van der Waals surface area contributed by atoms with Crippen LogP contribution in [0.25, 0.3) is 0 Å². The first-order chi connectivity index (χ1) is 7.29. The van der Waals surface area contributed by atoms with Crippen molar-refractivity contribution in [1.82, 2.24) is 15.2 Å². The lowest BCUT2D eigenvalue weighted by molar-refractivity contribution is 0.248. The molecule has 2 heterocycles. The second kappa shape index (κ2) is 6.55. The molecule has 1 aliphatic rings. The van der Waals surface area contributed by atoms with E-state index in [0.29, 0.717) is 6.04 Å². The van der Waals surface area contributed by atoms with Gasteiger partial charge in [-0.15, -0.1) is 23.7 Å². The van der Waals surface area contributed by atoms with Gasteiger partial charge >= 0.3 is 0 Å². The maximum Gasteiger partial charge on any atom is 0.107 e. The van der Waals surface area contributed by atoms with E-state index in [1.54, 1.807) is 0 Å². The summed E-state index contributed by atoms with van der Waals surface area (Å²) < 4.78 is 0. The maximum atomic E-state index is 4.45. The highest BCUT2D eigenvalue weighted by Gasteiger charge is 2.19. The van der Waals surface area contributed by atoms with Gasteiger partial charge in [0.05, 0.1) is 6.54 Å². The third kappa shape index (κ3) is 3.42. The molecule has 0 aromatic carbocycles. The molecule has 1 unspecified atom stereocenters. The molecule has 92 valence electrons. The van der Waals surface area contributed by atoms with E-state index in [-0.39, 0.29) is 12.4 Å². The molecule has 1 aromatic rings. The van der Waals surface area contributed by atoms with E-state index in [0.717, 1.165) is 26.1 Å². The summed E-state index contributed by atoms with van der Waals surface area (Å²) in [6.45, 7) is 5.47. The van der Waals surface area contributed by atoms with E-state index < -0.39 is 0 Å². The van der Waals surface area contributed by atoms with Crippen LogP contribution in [0.3, 0.4) is 0 Å². The molecule has 1 N–H and O–H groups in total. The van der Waals surface area contributed by atoms with Crippen molar-refractivity contribution in [3.8, 4) is 0 Å². The lowest BCUT2D eigenvalue weighted by atomic mass is 10.2. The van der Waals surface area contributed by atoms with Gasteiger partial charge in [-0.05, 0) is 26.4 Å². The largest absolute Gasteiger partial charge is 0.315 e. The number of rotatable bonds is 4. The Kier molecular flexibility index (Phi) is 5.69. The number of nitrogens with zero attached hydrogens (tertiary/aromatic N) is 2. The third-order valence-electron chi connectivity index (χ3n) is 2.99. The fraction of sp³-hybridized carbons (Fsp3) is 0.727. The van der Waals surface area contributed by atoms with Crippen LogP contribution in [0.4, 0.5) is 0 Å². The Morgan fingerprint density at radius 1 is 1.62 bits per heavy atom. The first kappa shape index (κ1) is 13.9. The normalized spacial score (nSPS) is 20.1. The average molecular weight is 262 g/mol. The first-order valence-corrected chi connectivity index (χ1v) is 6.45. The van der Waals surface area contributed by atoms with Crippen molar-refractivity contribution >= 4 is 23.7 Å². The summed E-state index contributed by atoms with van der Waals surface area (Å²) in [6.07, 6.45) is 4.38. The summed E-state index contributed by atoms with van der Waals surface area (Å²) in [7, 11) is 2.20. The smallest absolute Gasteiger partial charge is 0.107 e. The molecule has 1 saturated heterocycles. The minimum absolute atomic E-state index is 0. The number of nitrogens with one attached hydrogen (secondary N) is 1. The molecule has 3 nitrogen and oxygen atoms in total. The zero-order chi connectivity index (χ0) is 10.7.